The predicted molar refractivity (Wildman–Crippen MR) is 94.6 cm³/mol. The van der Waals surface area contributed by atoms with Crippen LogP contribution in [0.15, 0.2) is 18.2 Å². The van der Waals surface area contributed by atoms with Crippen LogP contribution >= 0.6 is 46.0 Å². The first-order valence-corrected chi connectivity index (χ1v) is 9.39. The van der Waals surface area contributed by atoms with E-state index in [4.69, 9.17) is 16.6 Å². The zero-order valence-corrected chi connectivity index (χ0v) is 14.9. The van der Waals surface area contributed by atoms with Gasteiger partial charge in [0.25, 0.3) is 0 Å². The molecule has 0 fully saturated rings. The third kappa shape index (κ3) is 3.58. The first kappa shape index (κ1) is 15.4. The summed E-state index contributed by atoms with van der Waals surface area (Å²) < 4.78 is 3.59. The third-order valence-electron chi connectivity index (χ3n) is 3.22. The van der Waals surface area contributed by atoms with Crippen molar-refractivity contribution < 1.29 is 0 Å². The largest absolute Gasteiger partial charge is 0.325 e. The summed E-state index contributed by atoms with van der Waals surface area (Å²) in [5.41, 5.74) is 2.32. The van der Waals surface area contributed by atoms with Crippen molar-refractivity contribution in [3.8, 4) is 0 Å². The molecule has 0 aliphatic rings. The van der Waals surface area contributed by atoms with Gasteiger partial charge in [-0.1, -0.05) is 0 Å². The second kappa shape index (κ2) is 7.18. The van der Waals surface area contributed by atoms with Crippen LogP contribution in [0.25, 0.3) is 11.0 Å². The second-order valence-corrected chi connectivity index (χ2v) is 7.21. The van der Waals surface area contributed by atoms with Crippen molar-refractivity contribution in [3.05, 3.63) is 27.6 Å². The van der Waals surface area contributed by atoms with Crippen molar-refractivity contribution in [2.45, 2.75) is 25.8 Å². The predicted octanol–water partition coefficient (Wildman–Crippen LogP) is 4.74. The van der Waals surface area contributed by atoms with Crippen LogP contribution in [0.4, 0.5) is 0 Å². The average molecular weight is 409 g/mol. The van der Waals surface area contributed by atoms with E-state index in [1.54, 1.807) is 0 Å². The zero-order chi connectivity index (χ0) is 13.8. The molecule has 0 aliphatic carbocycles. The van der Waals surface area contributed by atoms with Crippen molar-refractivity contribution in [2.75, 3.05) is 17.9 Å². The summed E-state index contributed by atoms with van der Waals surface area (Å²) >= 11 is 10.1. The molecule has 0 spiro atoms. The molecule has 2 nitrogen and oxygen atoms in total. The van der Waals surface area contributed by atoms with E-state index in [9.17, 15) is 0 Å². The highest BCUT2D eigenvalue weighted by Gasteiger charge is 2.15. The molecule has 0 amide bonds. The van der Waals surface area contributed by atoms with Crippen molar-refractivity contribution in [1.29, 1.82) is 0 Å². The number of hydrogen-bond donors (Lipinski definition) is 0. The minimum atomic E-state index is 0.468. The van der Waals surface area contributed by atoms with Gasteiger partial charge in [0, 0.05) is 21.9 Å². The van der Waals surface area contributed by atoms with Gasteiger partial charge in [0.05, 0.1) is 11.0 Å². The zero-order valence-electron chi connectivity index (χ0n) is 11.2. The van der Waals surface area contributed by atoms with Crippen LogP contribution in [0.3, 0.4) is 0 Å². The lowest BCUT2D eigenvalue weighted by atomic mass is 10.2. The monoisotopic (exact) mass is 408 g/mol. The Morgan fingerprint density at radius 2 is 2.26 bits per heavy atom. The molecule has 5 heteroatoms. The fourth-order valence-corrected chi connectivity index (χ4v) is 3.51. The van der Waals surface area contributed by atoms with E-state index < -0.39 is 0 Å². The molecule has 2 rings (SSSR count). The Kier molecular flexibility index (Phi) is 5.84. The van der Waals surface area contributed by atoms with Crippen LogP contribution in [0.2, 0.25) is 0 Å². The summed E-state index contributed by atoms with van der Waals surface area (Å²) in [5.74, 6) is 2.90. The van der Waals surface area contributed by atoms with Gasteiger partial charge < -0.3 is 4.57 Å². The van der Waals surface area contributed by atoms with Gasteiger partial charge >= 0.3 is 0 Å². The van der Waals surface area contributed by atoms with E-state index >= 15 is 0 Å². The molecule has 0 aliphatic heterocycles. The number of imidazole rings is 1. The van der Waals surface area contributed by atoms with E-state index in [1.165, 1.54) is 14.8 Å². The summed E-state index contributed by atoms with van der Waals surface area (Å²) in [7, 11) is 0. The molecule has 1 aromatic heterocycles. The van der Waals surface area contributed by atoms with Crippen molar-refractivity contribution in [2.24, 2.45) is 0 Å². The van der Waals surface area contributed by atoms with Crippen LogP contribution in [0, 0.1) is 3.57 Å². The minimum Gasteiger partial charge on any atom is -0.325 e. The molecule has 0 saturated heterocycles. The highest BCUT2D eigenvalue weighted by Crippen LogP contribution is 2.25. The molecule has 1 heterocycles. The van der Waals surface area contributed by atoms with Crippen LogP contribution in [-0.2, 0) is 6.42 Å². The Hall–Kier alpha value is 0.0600. The highest BCUT2D eigenvalue weighted by molar-refractivity contribution is 14.1. The van der Waals surface area contributed by atoms with Crippen molar-refractivity contribution in [1.82, 2.24) is 9.55 Å². The summed E-state index contributed by atoms with van der Waals surface area (Å²) in [6.07, 6.45) is 4.14. The van der Waals surface area contributed by atoms with E-state index in [0.717, 1.165) is 24.2 Å². The Morgan fingerprint density at radius 3 is 2.95 bits per heavy atom. The first-order valence-electron chi connectivity index (χ1n) is 6.38. The van der Waals surface area contributed by atoms with E-state index in [-0.39, 0.29) is 0 Å². The van der Waals surface area contributed by atoms with Gasteiger partial charge in [-0.05, 0) is 66.1 Å². The molecule has 19 heavy (non-hydrogen) atoms. The Morgan fingerprint density at radius 1 is 1.47 bits per heavy atom. The number of hydrogen-bond acceptors (Lipinski definition) is 2. The van der Waals surface area contributed by atoms with Gasteiger partial charge in [-0.3, -0.25) is 0 Å². The molecule has 0 bridgehead atoms. The SMILES string of the molecule is CSCCC(C)n1c(CCCl)nc2cc(I)ccc21. The van der Waals surface area contributed by atoms with Crippen molar-refractivity contribution in [3.63, 3.8) is 0 Å². The standard InChI is InChI=1S/C14H18ClIN2S/c1-10(6-8-19-2)18-13-4-3-11(16)9-12(13)17-14(18)5-7-15/h3-4,9-10H,5-8H2,1-2H3. The molecule has 1 aromatic carbocycles. The van der Waals surface area contributed by atoms with Crippen LogP contribution in [0.5, 0.6) is 0 Å². The van der Waals surface area contributed by atoms with E-state index in [1.807, 2.05) is 11.8 Å². The Balaban J connectivity index is 2.45. The fourth-order valence-electron chi connectivity index (χ4n) is 2.29. The molecule has 104 valence electrons. The number of aromatic nitrogens is 2. The van der Waals surface area contributed by atoms with Crippen LogP contribution in [-0.4, -0.2) is 27.4 Å². The minimum absolute atomic E-state index is 0.468. The number of halogens is 2. The maximum Gasteiger partial charge on any atom is 0.111 e. The maximum atomic E-state index is 5.92. The topological polar surface area (TPSA) is 17.8 Å². The molecule has 0 N–H and O–H groups in total. The third-order valence-corrected chi connectivity index (χ3v) is 4.73. The number of alkyl halides is 1. The summed E-state index contributed by atoms with van der Waals surface area (Å²) in [4.78, 5) is 4.76. The Labute approximate surface area is 137 Å². The lowest BCUT2D eigenvalue weighted by Crippen LogP contribution is -2.10. The van der Waals surface area contributed by atoms with E-state index in [0.29, 0.717) is 11.9 Å². The molecular weight excluding hydrogens is 391 g/mol. The van der Waals surface area contributed by atoms with Gasteiger partial charge in [-0.15, -0.1) is 11.6 Å². The number of benzene rings is 1. The van der Waals surface area contributed by atoms with Gasteiger partial charge in [-0.25, -0.2) is 4.98 Å². The molecule has 1 atom stereocenters. The quantitative estimate of drug-likeness (QED) is 0.508. The summed E-state index contributed by atoms with van der Waals surface area (Å²) in [6.45, 7) is 2.27. The number of thioether (sulfide) groups is 1. The molecule has 0 radical (unpaired) electrons. The fraction of sp³-hybridized carbons (Fsp3) is 0.500. The maximum absolute atomic E-state index is 5.92. The number of fused-ring (bicyclic) bond motifs is 1. The van der Waals surface area contributed by atoms with Gasteiger partial charge in [-0.2, -0.15) is 11.8 Å². The lowest BCUT2D eigenvalue weighted by Gasteiger charge is -2.17. The summed E-state index contributed by atoms with van der Waals surface area (Å²) in [5, 5.41) is 0. The molecule has 2 aromatic rings. The summed E-state index contributed by atoms with van der Waals surface area (Å²) in [6, 6.07) is 6.94. The molecule has 0 saturated carbocycles. The normalized spacial score (nSPS) is 13.1. The second-order valence-electron chi connectivity index (χ2n) is 4.60. The highest BCUT2D eigenvalue weighted by atomic mass is 127. The van der Waals surface area contributed by atoms with E-state index in [2.05, 4.69) is 58.5 Å². The van der Waals surface area contributed by atoms with Crippen LogP contribution < -0.4 is 0 Å². The number of nitrogens with zero attached hydrogens (tertiary/aromatic N) is 2. The van der Waals surface area contributed by atoms with Gasteiger partial charge in [0.2, 0.25) is 0 Å². The number of rotatable bonds is 6. The number of aryl methyl sites for hydroxylation is 1. The smallest absolute Gasteiger partial charge is 0.111 e. The van der Waals surface area contributed by atoms with Crippen LogP contribution in [0.1, 0.15) is 25.2 Å². The first-order chi connectivity index (χ1) is 9.17. The van der Waals surface area contributed by atoms with Gasteiger partial charge in [0.1, 0.15) is 5.82 Å². The lowest BCUT2D eigenvalue weighted by molar-refractivity contribution is 0.528. The Bertz CT molecular complexity index is 556. The van der Waals surface area contributed by atoms with Gasteiger partial charge in [0.15, 0.2) is 0 Å². The molecule has 1 unspecified atom stereocenters. The van der Waals surface area contributed by atoms with Crippen molar-refractivity contribution >= 4 is 57.0 Å². The molecular formula is C14H18ClIN2S. The average Bonchev–Trinajstić information content (AvgIpc) is 2.73.